The average molecular weight is 499 g/mol. The van der Waals surface area contributed by atoms with Crippen LogP contribution >= 0.6 is 24.0 Å². The lowest BCUT2D eigenvalue weighted by Crippen LogP contribution is -2.40. The SMILES string of the molecule is CCNC(=NCc1nnc(C)n1C)NCCC(C)N(C)Cc1ccccc1.I. The number of nitrogens with zero attached hydrogens (tertiary/aromatic N) is 5. The summed E-state index contributed by atoms with van der Waals surface area (Å²) in [7, 11) is 4.14. The van der Waals surface area contributed by atoms with Crippen molar-refractivity contribution >= 4 is 29.9 Å². The largest absolute Gasteiger partial charge is 0.357 e. The summed E-state index contributed by atoms with van der Waals surface area (Å²) in [6.45, 7) is 9.43. The minimum absolute atomic E-state index is 0. The average Bonchev–Trinajstić information content (AvgIpc) is 2.98. The summed E-state index contributed by atoms with van der Waals surface area (Å²) < 4.78 is 1.97. The fourth-order valence-corrected chi connectivity index (χ4v) is 2.73. The molecule has 28 heavy (non-hydrogen) atoms. The molecule has 0 spiro atoms. The van der Waals surface area contributed by atoms with Gasteiger partial charge in [-0.25, -0.2) is 4.99 Å². The number of aromatic nitrogens is 3. The number of benzene rings is 1. The second kappa shape index (κ2) is 12.7. The molecule has 0 fully saturated rings. The van der Waals surface area contributed by atoms with E-state index in [-0.39, 0.29) is 24.0 Å². The molecule has 0 saturated carbocycles. The fourth-order valence-electron chi connectivity index (χ4n) is 2.73. The molecule has 1 aromatic heterocycles. The topological polar surface area (TPSA) is 70.4 Å². The minimum atomic E-state index is 0. The van der Waals surface area contributed by atoms with Gasteiger partial charge in [-0.1, -0.05) is 30.3 Å². The highest BCUT2D eigenvalue weighted by molar-refractivity contribution is 14.0. The molecule has 1 atom stereocenters. The lowest BCUT2D eigenvalue weighted by molar-refractivity contribution is 0.238. The molecule has 2 aromatic rings. The molecular formula is C20H34IN7. The molecule has 0 aliphatic rings. The molecule has 2 N–H and O–H groups in total. The number of hydrogen-bond donors (Lipinski definition) is 2. The highest BCUT2D eigenvalue weighted by Crippen LogP contribution is 2.08. The van der Waals surface area contributed by atoms with Gasteiger partial charge in [0.25, 0.3) is 0 Å². The second-order valence-electron chi connectivity index (χ2n) is 6.88. The van der Waals surface area contributed by atoms with Crippen molar-refractivity contribution in [1.29, 1.82) is 0 Å². The minimum Gasteiger partial charge on any atom is -0.357 e. The monoisotopic (exact) mass is 499 g/mol. The van der Waals surface area contributed by atoms with Gasteiger partial charge in [-0.15, -0.1) is 34.2 Å². The third kappa shape index (κ3) is 7.75. The molecule has 156 valence electrons. The van der Waals surface area contributed by atoms with Crippen molar-refractivity contribution in [2.45, 2.75) is 46.3 Å². The summed E-state index contributed by atoms with van der Waals surface area (Å²) in [4.78, 5) is 7.00. The van der Waals surface area contributed by atoms with Crippen molar-refractivity contribution in [1.82, 2.24) is 30.3 Å². The van der Waals surface area contributed by atoms with Gasteiger partial charge < -0.3 is 15.2 Å². The van der Waals surface area contributed by atoms with Crippen molar-refractivity contribution in [2.75, 3.05) is 20.1 Å². The molecule has 2 rings (SSSR count). The summed E-state index contributed by atoms with van der Waals surface area (Å²) in [5, 5.41) is 15.0. The second-order valence-corrected chi connectivity index (χ2v) is 6.88. The van der Waals surface area contributed by atoms with Crippen molar-refractivity contribution in [3.8, 4) is 0 Å². The van der Waals surface area contributed by atoms with Crippen molar-refractivity contribution in [3.05, 3.63) is 47.5 Å². The molecule has 7 nitrogen and oxygen atoms in total. The summed E-state index contributed by atoms with van der Waals surface area (Å²) in [6.07, 6.45) is 1.04. The van der Waals surface area contributed by atoms with Gasteiger partial charge in [-0.2, -0.15) is 0 Å². The number of hydrogen-bond acceptors (Lipinski definition) is 4. The Balaban J connectivity index is 0.00000392. The Kier molecular flexibility index (Phi) is 11.1. The first-order valence-electron chi connectivity index (χ1n) is 9.62. The Labute approximate surface area is 186 Å². The van der Waals surface area contributed by atoms with E-state index in [1.165, 1.54) is 5.56 Å². The number of rotatable bonds is 9. The van der Waals surface area contributed by atoms with Gasteiger partial charge >= 0.3 is 0 Å². The zero-order valence-corrected chi connectivity index (χ0v) is 20.0. The summed E-state index contributed by atoms with van der Waals surface area (Å²) in [5.41, 5.74) is 1.34. The molecule has 0 bridgehead atoms. The van der Waals surface area contributed by atoms with Crippen LogP contribution in [0.2, 0.25) is 0 Å². The van der Waals surface area contributed by atoms with Gasteiger partial charge in [0.2, 0.25) is 0 Å². The first-order valence-corrected chi connectivity index (χ1v) is 9.62. The van der Waals surface area contributed by atoms with E-state index in [1.807, 2.05) is 18.5 Å². The fraction of sp³-hybridized carbons (Fsp3) is 0.550. The number of guanidine groups is 1. The van der Waals surface area contributed by atoms with Gasteiger partial charge in [-0.05, 0) is 39.8 Å². The third-order valence-corrected chi connectivity index (χ3v) is 4.79. The Morgan fingerprint density at radius 2 is 1.93 bits per heavy atom. The van der Waals surface area contributed by atoms with E-state index in [9.17, 15) is 0 Å². The van der Waals surface area contributed by atoms with E-state index in [0.29, 0.717) is 12.6 Å². The van der Waals surface area contributed by atoms with E-state index in [1.54, 1.807) is 0 Å². The van der Waals surface area contributed by atoms with Gasteiger partial charge in [0.05, 0.1) is 0 Å². The molecular weight excluding hydrogens is 465 g/mol. The van der Waals surface area contributed by atoms with Crippen molar-refractivity contribution in [3.63, 3.8) is 0 Å². The molecule has 1 unspecified atom stereocenters. The van der Waals surface area contributed by atoms with Crippen molar-refractivity contribution in [2.24, 2.45) is 12.0 Å². The van der Waals surface area contributed by atoms with Crippen molar-refractivity contribution < 1.29 is 0 Å². The van der Waals surface area contributed by atoms with E-state index in [4.69, 9.17) is 0 Å². The smallest absolute Gasteiger partial charge is 0.191 e. The maximum absolute atomic E-state index is 4.62. The molecule has 0 aliphatic carbocycles. The molecule has 0 saturated heterocycles. The van der Waals surface area contributed by atoms with Crippen LogP contribution in [0.15, 0.2) is 35.3 Å². The van der Waals surface area contributed by atoms with Gasteiger partial charge in [0, 0.05) is 32.7 Å². The van der Waals surface area contributed by atoms with Crippen LogP contribution in [0.3, 0.4) is 0 Å². The van der Waals surface area contributed by atoms with Crippen LogP contribution in [0.25, 0.3) is 0 Å². The number of aliphatic imine (C=N–C) groups is 1. The molecule has 1 aromatic carbocycles. The maximum Gasteiger partial charge on any atom is 0.191 e. The van der Waals surface area contributed by atoms with Crippen LogP contribution in [0, 0.1) is 6.92 Å². The first kappa shape index (κ1) is 24.4. The zero-order chi connectivity index (χ0) is 19.6. The summed E-state index contributed by atoms with van der Waals surface area (Å²) in [5.74, 6) is 2.57. The predicted molar refractivity (Wildman–Crippen MR) is 126 cm³/mol. The highest BCUT2D eigenvalue weighted by atomic mass is 127. The maximum atomic E-state index is 4.62. The molecule has 0 radical (unpaired) electrons. The quantitative estimate of drug-likeness (QED) is 0.316. The van der Waals surface area contributed by atoms with Crippen LogP contribution in [0.4, 0.5) is 0 Å². The van der Waals surface area contributed by atoms with E-state index in [0.717, 1.165) is 43.7 Å². The Morgan fingerprint density at radius 1 is 1.21 bits per heavy atom. The molecule has 8 heteroatoms. The lowest BCUT2D eigenvalue weighted by Gasteiger charge is -2.25. The Hall–Kier alpha value is -1.68. The molecule has 1 heterocycles. The van der Waals surface area contributed by atoms with Gasteiger partial charge in [0.15, 0.2) is 11.8 Å². The summed E-state index contributed by atoms with van der Waals surface area (Å²) >= 11 is 0. The van der Waals surface area contributed by atoms with Crippen LogP contribution in [-0.2, 0) is 20.1 Å². The molecule has 0 aliphatic heterocycles. The Morgan fingerprint density at radius 3 is 2.54 bits per heavy atom. The number of nitrogens with one attached hydrogen (secondary N) is 2. The highest BCUT2D eigenvalue weighted by Gasteiger charge is 2.10. The van der Waals surface area contributed by atoms with Crippen LogP contribution in [-0.4, -0.2) is 51.8 Å². The van der Waals surface area contributed by atoms with Crippen LogP contribution in [0.5, 0.6) is 0 Å². The van der Waals surface area contributed by atoms with Gasteiger partial charge in [-0.3, -0.25) is 4.90 Å². The summed E-state index contributed by atoms with van der Waals surface area (Å²) in [6, 6.07) is 11.1. The van der Waals surface area contributed by atoms with E-state index >= 15 is 0 Å². The number of halogens is 1. The van der Waals surface area contributed by atoms with Crippen LogP contribution < -0.4 is 10.6 Å². The zero-order valence-electron chi connectivity index (χ0n) is 17.6. The third-order valence-electron chi connectivity index (χ3n) is 4.79. The van der Waals surface area contributed by atoms with E-state index < -0.39 is 0 Å². The predicted octanol–water partition coefficient (Wildman–Crippen LogP) is 2.71. The lowest BCUT2D eigenvalue weighted by atomic mass is 10.1. The number of aryl methyl sites for hydroxylation is 1. The van der Waals surface area contributed by atoms with Crippen LogP contribution in [0.1, 0.15) is 37.5 Å². The van der Waals surface area contributed by atoms with E-state index in [2.05, 4.69) is 82.0 Å². The Bertz CT molecular complexity index is 715. The van der Waals surface area contributed by atoms with Gasteiger partial charge in [0.1, 0.15) is 12.4 Å². The first-order chi connectivity index (χ1) is 13.0. The standard InChI is InChI=1S/C20H33N7.HI/c1-6-21-20(23-14-19-25-24-17(3)27(19)5)22-13-12-16(2)26(4)15-18-10-8-7-9-11-18;/h7-11,16H,6,12-15H2,1-5H3,(H2,21,22,23);1H. The normalized spacial score (nSPS) is 12.6. The molecule has 0 amide bonds.